The van der Waals surface area contributed by atoms with Crippen LogP contribution in [-0.4, -0.2) is 21.1 Å². The molecule has 0 aliphatic heterocycles. The van der Waals surface area contributed by atoms with Gasteiger partial charge in [0.2, 0.25) is 5.91 Å². The van der Waals surface area contributed by atoms with E-state index in [-0.39, 0.29) is 17.2 Å². The summed E-state index contributed by atoms with van der Waals surface area (Å²) in [5, 5.41) is 3.22. The molecular formula is C16H20N4OS. The summed E-state index contributed by atoms with van der Waals surface area (Å²) >= 11 is 1.30. The Kier molecular flexibility index (Phi) is 5.38. The molecule has 1 aromatic carbocycles. The minimum atomic E-state index is -0.299. The summed E-state index contributed by atoms with van der Waals surface area (Å²) < 4.78 is 0. The number of anilines is 1. The Morgan fingerprint density at radius 3 is 2.55 bits per heavy atom. The van der Waals surface area contributed by atoms with Crippen LogP contribution >= 0.6 is 11.8 Å². The fraction of sp³-hybridized carbons (Fsp3) is 0.312. The predicted molar refractivity (Wildman–Crippen MR) is 89.5 cm³/mol. The van der Waals surface area contributed by atoms with Gasteiger partial charge in [-0.15, -0.1) is 0 Å². The van der Waals surface area contributed by atoms with Crippen molar-refractivity contribution in [2.45, 2.75) is 37.2 Å². The SMILES string of the molecule is Cc1cc(N)nc(SC(C)C(=O)NC(C)c2ccccc2)n1. The van der Waals surface area contributed by atoms with Gasteiger partial charge in [-0.3, -0.25) is 4.79 Å². The summed E-state index contributed by atoms with van der Waals surface area (Å²) in [4.78, 5) is 20.7. The molecule has 0 saturated heterocycles. The molecule has 1 aromatic heterocycles. The van der Waals surface area contributed by atoms with Crippen LogP contribution in [0, 0.1) is 6.92 Å². The fourth-order valence-corrected chi connectivity index (χ4v) is 2.83. The summed E-state index contributed by atoms with van der Waals surface area (Å²) in [5.41, 5.74) is 7.57. The van der Waals surface area contributed by atoms with Crippen LogP contribution in [-0.2, 0) is 4.79 Å². The van der Waals surface area contributed by atoms with E-state index in [0.717, 1.165) is 11.3 Å². The van der Waals surface area contributed by atoms with Gasteiger partial charge in [-0.25, -0.2) is 9.97 Å². The average molecular weight is 316 g/mol. The Morgan fingerprint density at radius 1 is 1.23 bits per heavy atom. The quantitative estimate of drug-likeness (QED) is 0.655. The maximum Gasteiger partial charge on any atom is 0.233 e. The van der Waals surface area contributed by atoms with Crippen LogP contribution in [0.25, 0.3) is 0 Å². The molecule has 3 N–H and O–H groups in total. The van der Waals surface area contributed by atoms with E-state index < -0.39 is 0 Å². The molecule has 2 aromatic rings. The van der Waals surface area contributed by atoms with Gasteiger partial charge in [0.15, 0.2) is 5.16 Å². The highest BCUT2D eigenvalue weighted by Crippen LogP contribution is 2.22. The lowest BCUT2D eigenvalue weighted by atomic mass is 10.1. The Hall–Kier alpha value is -2.08. The van der Waals surface area contributed by atoms with Crippen LogP contribution < -0.4 is 11.1 Å². The summed E-state index contributed by atoms with van der Waals surface area (Å²) in [7, 11) is 0. The third-order valence-electron chi connectivity index (χ3n) is 3.16. The largest absolute Gasteiger partial charge is 0.384 e. The first-order chi connectivity index (χ1) is 10.5. The van der Waals surface area contributed by atoms with Crippen molar-refractivity contribution in [2.24, 2.45) is 0 Å². The smallest absolute Gasteiger partial charge is 0.233 e. The van der Waals surface area contributed by atoms with E-state index in [0.29, 0.717) is 11.0 Å². The van der Waals surface area contributed by atoms with Gasteiger partial charge in [0.05, 0.1) is 11.3 Å². The third kappa shape index (κ3) is 4.46. The van der Waals surface area contributed by atoms with Crippen molar-refractivity contribution >= 4 is 23.5 Å². The Balaban J connectivity index is 1.97. The van der Waals surface area contributed by atoms with Crippen molar-refractivity contribution in [1.29, 1.82) is 0 Å². The molecule has 0 radical (unpaired) electrons. The van der Waals surface area contributed by atoms with Gasteiger partial charge in [0.1, 0.15) is 5.82 Å². The van der Waals surface area contributed by atoms with E-state index in [9.17, 15) is 4.79 Å². The molecule has 0 saturated carbocycles. The number of rotatable bonds is 5. The van der Waals surface area contributed by atoms with Crippen molar-refractivity contribution in [3.63, 3.8) is 0 Å². The third-order valence-corrected chi connectivity index (χ3v) is 4.12. The number of benzene rings is 1. The normalized spacial score (nSPS) is 13.4. The molecule has 5 nitrogen and oxygen atoms in total. The molecule has 0 aliphatic carbocycles. The minimum Gasteiger partial charge on any atom is -0.384 e. The highest BCUT2D eigenvalue weighted by molar-refractivity contribution is 8.00. The van der Waals surface area contributed by atoms with E-state index in [2.05, 4.69) is 15.3 Å². The zero-order valence-electron chi connectivity index (χ0n) is 12.9. The molecule has 6 heteroatoms. The van der Waals surface area contributed by atoms with E-state index >= 15 is 0 Å². The standard InChI is InChI=1S/C16H20N4OS/c1-10-9-14(17)20-16(18-10)22-12(3)15(21)19-11(2)13-7-5-4-6-8-13/h4-9,11-12H,1-3H3,(H,19,21)(H2,17,18,20). The van der Waals surface area contributed by atoms with Crippen LogP contribution in [0.2, 0.25) is 0 Å². The zero-order chi connectivity index (χ0) is 16.1. The van der Waals surface area contributed by atoms with Gasteiger partial charge in [0.25, 0.3) is 0 Å². The number of carbonyl (C=O) groups is 1. The van der Waals surface area contributed by atoms with Crippen LogP contribution in [0.15, 0.2) is 41.6 Å². The lowest BCUT2D eigenvalue weighted by Gasteiger charge is -2.17. The zero-order valence-corrected chi connectivity index (χ0v) is 13.7. The van der Waals surface area contributed by atoms with Crippen molar-refractivity contribution in [2.75, 3.05) is 5.73 Å². The van der Waals surface area contributed by atoms with Gasteiger partial charge in [-0.05, 0) is 26.3 Å². The second kappa shape index (κ2) is 7.26. The second-order valence-electron chi connectivity index (χ2n) is 5.12. The Bertz CT molecular complexity index is 628. The molecule has 0 spiro atoms. The number of hydrogen-bond acceptors (Lipinski definition) is 5. The van der Waals surface area contributed by atoms with Crippen molar-refractivity contribution < 1.29 is 4.79 Å². The number of nitrogens with one attached hydrogen (secondary N) is 1. The van der Waals surface area contributed by atoms with Crippen LogP contribution in [0.3, 0.4) is 0 Å². The molecule has 0 bridgehead atoms. The van der Waals surface area contributed by atoms with Gasteiger partial charge >= 0.3 is 0 Å². The van der Waals surface area contributed by atoms with Crippen molar-refractivity contribution in [3.8, 4) is 0 Å². The first-order valence-corrected chi connectivity index (χ1v) is 7.97. The molecular weight excluding hydrogens is 296 g/mol. The van der Waals surface area contributed by atoms with Gasteiger partial charge in [0, 0.05) is 11.8 Å². The second-order valence-corrected chi connectivity index (χ2v) is 6.43. The van der Waals surface area contributed by atoms with Gasteiger partial charge < -0.3 is 11.1 Å². The Labute approximate surface area is 134 Å². The number of aromatic nitrogens is 2. The summed E-state index contributed by atoms with van der Waals surface area (Å²) in [6.07, 6.45) is 0. The van der Waals surface area contributed by atoms with Gasteiger partial charge in [-0.1, -0.05) is 42.1 Å². The molecule has 116 valence electrons. The first kappa shape index (κ1) is 16.3. The monoisotopic (exact) mass is 316 g/mol. The fourth-order valence-electron chi connectivity index (χ4n) is 1.98. The summed E-state index contributed by atoms with van der Waals surface area (Å²) in [6.45, 7) is 5.65. The maximum absolute atomic E-state index is 12.3. The van der Waals surface area contributed by atoms with E-state index in [1.54, 1.807) is 6.07 Å². The van der Waals surface area contributed by atoms with E-state index in [4.69, 9.17) is 5.73 Å². The average Bonchev–Trinajstić information content (AvgIpc) is 2.46. The number of hydrogen-bond donors (Lipinski definition) is 2. The number of nitrogens with zero attached hydrogens (tertiary/aromatic N) is 2. The van der Waals surface area contributed by atoms with Crippen LogP contribution in [0.1, 0.15) is 31.1 Å². The molecule has 1 amide bonds. The van der Waals surface area contributed by atoms with E-state index in [1.165, 1.54) is 11.8 Å². The lowest BCUT2D eigenvalue weighted by molar-refractivity contribution is -0.120. The molecule has 2 unspecified atom stereocenters. The number of carbonyl (C=O) groups excluding carboxylic acids is 1. The van der Waals surface area contributed by atoms with Gasteiger partial charge in [-0.2, -0.15) is 0 Å². The summed E-state index contributed by atoms with van der Waals surface area (Å²) in [5.74, 6) is 0.366. The number of nitrogen functional groups attached to an aromatic ring is 1. The predicted octanol–water partition coefficient (Wildman–Crippen LogP) is 2.73. The van der Waals surface area contributed by atoms with Crippen molar-refractivity contribution in [1.82, 2.24) is 15.3 Å². The minimum absolute atomic E-state index is 0.0414. The highest BCUT2D eigenvalue weighted by Gasteiger charge is 2.18. The molecule has 22 heavy (non-hydrogen) atoms. The van der Waals surface area contributed by atoms with E-state index in [1.807, 2.05) is 51.1 Å². The summed E-state index contributed by atoms with van der Waals surface area (Å²) in [6, 6.07) is 11.5. The molecule has 2 rings (SSSR count). The molecule has 0 aliphatic rings. The number of aryl methyl sites for hydroxylation is 1. The number of amides is 1. The maximum atomic E-state index is 12.3. The lowest BCUT2D eigenvalue weighted by Crippen LogP contribution is -2.33. The first-order valence-electron chi connectivity index (χ1n) is 7.09. The topological polar surface area (TPSA) is 80.9 Å². The molecule has 0 fully saturated rings. The Morgan fingerprint density at radius 2 is 1.91 bits per heavy atom. The molecule has 1 heterocycles. The molecule has 2 atom stereocenters. The number of thioether (sulfide) groups is 1. The highest BCUT2D eigenvalue weighted by atomic mass is 32.2. The van der Waals surface area contributed by atoms with Crippen LogP contribution in [0.4, 0.5) is 5.82 Å². The van der Waals surface area contributed by atoms with Crippen molar-refractivity contribution in [3.05, 3.63) is 47.7 Å². The van der Waals surface area contributed by atoms with Crippen LogP contribution in [0.5, 0.6) is 0 Å². The number of nitrogens with two attached hydrogens (primary N) is 1.